The van der Waals surface area contributed by atoms with Gasteiger partial charge in [0, 0.05) is 54.4 Å². The molecule has 0 spiro atoms. The Hall–Kier alpha value is -0.710. The molecule has 114 valence electrons. The molecule has 0 amide bonds. The number of nitrogens with one attached hydrogen (secondary N) is 1. The molecule has 1 N–H and O–H groups in total. The third-order valence-electron chi connectivity index (χ3n) is 3.12. The molecule has 0 aromatic heterocycles. The van der Waals surface area contributed by atoms with E-state index < -0.39 is 7.94 Å². The van der Waals surface area contributed by atoms with Crippen molar-refractivity contribution >= 4 is 7.94 Å². The van der Waals surface area contributed by atoms with Crippen molar-refractivity contribution in [2.24, 2.45) is 0 Å². The fraction of sp³-hybridized carbons (Fsp3) is 0.571. The number of rotatable bonds is 7. The minimum Gasteiger partial charge on any atom is -0.316 e. The highest BCUT2D eigenvalue weighted by Crippen LogP contribution is 2.64. The molecule has 0 aliphatic rings. The molecular weight excluding hydrogens is 271 g/mol. The molecule has 0 saturated carbocycles. The van der Waals surface area contributed by atoms with Gasteiger partial charge in [0.1, 0.15) is 0 Å². The summed E-state index contributed by atoms with van der Waals surface area (Å²) in [6, 6.07) is 8.20. The number of hydrogen-bond donors (Lipinski definition) is 1. The Bertz CT molecular complexity index is 402. The van der Waals surface area contributed by atoms with E-state index in [0.29, 0.717) is 0 Å². The normalized spacial score (nSPS) is 12.5. The molecule has 0 radical (unpaired) electrons. The second kappa shape index (κ2) is 7.34. The maximum Gasteiger partial charge on any atom is 0.416 e. The maximum absolute atomic E-state index is 6.52. The zero-order valence-electron chi connectivity index (χ0n) is 13.7. The molecule has 1 rings (SSSR count). The van der Waals surface area contributed by atoms with Gasteiger partial charge < -0.3 is 5.32 Å². The molecule has 5 nitrogen and oxygen atoms in total. The Morgan fingerprint density at radius 1 is 0.950 bits per heavy atom. The van der Waals surface area contributed by atoms with Gasteiger partial charge in [-0.1, -0.05) is 18.2 Å². The first-order valence-corrected chi connectivity index (χ1v) is 8.27. The van der Waals surface area contributed by atoms with Crippen LogP contribution in [0.2, 0.25) is 0 Å². The lowest BCUT2D eigenvalue weighted by atomic mass is 10.2. The van der Waals surface area contributed by atoms with Crippen LogP contribution in [0.3, 0.4) is 0 Å². The van der Waals surface area contributed by atoms with Crippen LogP contribution in [0.15, 0.2) is 24.3 Å². The maximum atomic E-state index is 6.52. The van der Waals surface area contributed by atoms with E-state index in [9.17, 15) is 0 Å². The topological polar surface area (TPSA) is 31.0 Å². The van der Waals surface area contributed by atoms with Gasteiger partial charge in [-0.2, -0.15) is 0 Å². The molecule has 0 aliphatic heterocycles. The average Bonchev–Trinajstić information content (AvgIpc) is 2.36. The molecule has 1 aromatic rings. The highest BCUT2D eigenvalue weighted by atomic mass is 31.2. The first kappa shape index (κ1) is 17.3. The second-order valence-corrected chi connectivity index (χ2v) is 8.89. The second-order valence-electron chi connectivity index (χ2n) is 5.28. The van der Waals surface area contributed by atoms with Gasteiger partial charge in [-0.15, -0.1) is 14.0 Å². The molecule has 0 aliphatic carbocycles. The Balaban J connectivity index is 3.19. The van der Waals surface area contributed by atoms with Crippen LogP contribution in [0.1, 0.15) is 5.56 Å². The van der Waals surface area contributed by atoms with E-state index in [0.717, 1.165) is 12.3 Å². The summed E-state index contributed by atoms with van der Waals surface area (Å²) in [6.45, 7) is 0.796. The van der Waals surface area contributed by atoms with Crippen LogP contribution in [0.4, 0.5) is 0 Å². The van der Waals surface area contributed by atoms with Gasteiger partial charge in [0.2, 0.25) is 0 Å². The molecular formula is C14H28N4OP+. The van der Waals surface area contributed by atoms with Crippen LogP contribution in [-0.4, -0.2) is 63.3 Å². The van der Waals surface area contributed by atoms with E-state index in [2.05, 4.69) is 67.7 Å². The fourth-order valence-corrected chi connectivity index (χ4v) is 5.46. The van der Waals surface area contributed by atoms with Crippen molar-refractivity contribution in [1.82, 2.24) is 19.3 Å². The summed E-state index contributed by atoms with van der Waals surface area (Å²) < 4.78 is 13.0. The van der Waals surface area contributed by atoms with Crippen molar-refractivity contribution in [2.75, 3.05) is 49.3 Å². The van der Waals surface area contributed by atoms with Crippen molar-refractivity contribution in [3.05, 3.63) is 29.8 Å². The molecule has 0 atom stereocenters. The Kier molecular flexibility index (Phi) is 6.37. The van der Waals surface area contributed by atoms with Crippen molar-refractivity contribution in [1.29, 1.82) is 0 Å². The smallest absolute Gasteiger partial charge is 0.316 e. The summed E-state index contributed by atoms with van der Waals surface area (Å²) in [7, 11) is 12.3. The van der Waals surface area contributed by atoms with Crippen molar-refractivity contribution < 1.29 is 4.52 Å². The molecule has 0 unspecified atom stereocenters. The summed E-state index contributed by atoms with van der Waals surface area (Å²) in [5.41, 5.74) is 1.17. The van der Waals surface area contributed by atoms with E-state index in [4.69, 9.17) is 4.52 Å². The van der Waals surface area contributed by atoms with Gasteiger partial charge in [0.25, 0.3) is 0 Å². The molecule has 6 heteroatoms. The molecule has 0 saturated heterocycles. The lowest BCUT2D eigenvalue weighted by Crippen LogP contribution is -2.39. The van der Waals surface area contributed by atoms with Crippen LogP contribution >= 0.6 is 7.94 Å². The Labute approximate surface area is 124 Å². The van der Waals surface area contributed by atoms with E-state index in [-0.39, 0.29) is 0 Å². The fourth-order valence-electron chi connectivity index (χ4n) is 2.38. The van der Waals surface area contributed by atoms with Gasteiger partial charge in [-0.3, -0.25) is 4.52 Å². The number of nitrogens with zero attached hydrogens (tertiary/aromatic N) is 3. The highest BCUT2D eigenvalue weighted by molar-refractivity contribution is 7.64. The summed E-state index contributed by atoms with van der Waals surface area (Å²) in [5, 5.41) is 3.19. The zero-order chi connectivity index (χ0) is 15.3. The lowest BCUT2D eigenvalue weighted by molar-refractivity contribution is 0.349. The summed E-state index contributed by atoms with van der Waals surface area (Å²) in [4.78, 5) is 0. The number of benzene rings is 1. The monoisotopic (exact) mass is 299 g/mol. The van der Waals surface area contributed by atoms with Gasteiger partial charge in [0.15, 0.2) is 5.75 Å². The van der Waals surface area contributed by atoms with Crippen molar-refractivity contribution in [2.45, 2.75) is 6.54 Å². The first-order chi connectivity index (χ1) is 9.36. The van der Waals surface area contributed by atoms with E-state index >= 15 is 0 Å². The minimum atomic E-state index is -2.01. The standard InChI is InChI=1S/C14H28N4OP/c1-15-12-13-10-8-9-11-14(13)19-20(16(2)3,17(4)5)18(6)7/h8-11,15H,12H2,1-7H3/q+1. The third kappa shape index (κ3) is 3.48. The van der Waals surface area contributed by atoms with Crippen LogP contribution < -0.4 is 9.84 Å². The summed E-state index contributed by atoms with van der Waals surface area (Å²) in [5.74, 6) is 0.936. The summed E-state index contributed by atoms with van der Waals surface area (Å²) in [6.07, 6.45) is 0. The van der Waals surface area contributed by atoms with Gasteiger partial charge >= 0.3 is 7.94 Å². The SMILES string of the molecule is CNCc1ccccc1O[P+](N(C)C)(N(C)C)N(C)C. The Morgan fingerprint density at radius 2 is 1.45 bits per heavy atom. The molecule has 0 heterocycles. The van der Waals surface area contributed by atoms with Gasteiger partial charge in [0.05, 0.1) is 0 Å². The summed E-state index contributed by atoms with van der Waals surface area (Å²) >= 11 is 0. The van der Waals surface area contributed by atoms with Crippen LogP contribution in [-0.2, 0) is 6.54 Å². The molecule has 0 bridgehead atoms. The van der Waals surface area contributed by atoms with E-state index in [1.165, 1.54) is 5.56 Å². The third-order valence-corrected chi connectivity index (χ3v) is 6.69. The minimum absolute atomic E-state index is 0.796. The van der Waals surface area contributed by atoms with Gasteiger partial charge in [-0.25, -0.2) is 0 Å². The highest BCUT2D eigenvalue weighted by Gasteiger charge is 2.52. The van der Waals surface area contributed by atoms with E-state index in [1.54, 1.807) is 0 Å². The lowest BCUT2D eigenvalue weighted by Gasteiger charge is -2.37. The van der Waals surface area contributed by atoms with E-state index in [1.807, 2.05) is 25.2 Å². The zero-order valence-corrected chi connectivity index (χ0v) is 14.6. The average molecular weight is 299 g/mol. The predicted octanol–water partition coefficient (Wildman–Crippen LogP) is 2.15. The van der Waals surface area contributed by atoms with Crippen LogP contribution in [0.5, 0.6) is 5.75 Å². The molecule has 1 aromatic carbocycles. The predicted molar refractivity (Wildman–Crippen MR) is 87.8 cm³/mol. The Morgan fingerprint density at radius 3 is 1.90 bits per heavy atom. The van der Waals surface area contributed by atoms with Crippen LogP contribution in [0.25, 0.3) is 0 Å². The largest absolute Gasteiger partial charge is 0.416 e. The number of hydrogen-bond acceptors (Lipinski definition) is 5. The van der Waals surface area contributed by atoms with Gasteiger partial charge in [-0.05, 0) is 13.1 Å². The quantitative estimate of drug-likeness (QED) is 0.780. The molecule has 20 heavy (non-hydrogen) atoms. The van der Waals surface area contributed by atoms with Crippen molar-refractivity contribution in [3.8, 4) is 5.75 Å². The van der Waals surface area contributed by atoms with Crippen LogP contribution in [0, 0.1) is 0 Å². The number of para-hydroxylation sites is 1. The first-order valence-electron chi connectivity index (χ1n) is 6.70. The molecule has 0 fully saturated rings. The van der Waals surface area contributed by atoms with Crippen molar-refractivity contribution in [3.63, 3.8) is 0 Å².